The predicted octanol–water partition coefficient (Wildman–Crippen LogP) is 7.13. The Kier molecular flexibility index (Phi) is 12.4. The van der Waals surface area contributed by atoms with Gasteiger partial charge >= 0.3 is 12.3 Å². The molecule has 1 fully saturated rings. The third-order valence-electron chi connectivity index (χ3n) is 6.77. The van der Waals surface area contributed by atoms with Gasteiger partial charge in [0.1, 0.15) is 5.60 Å². The smallest absolute Gasteiger partial charge is 0.416 e. The van der Waals surface area contributed by atoms with Crippen LogP contribution in [0, 0.1) is 0 Å². The number of amides is 1. The van der Waals surface area contributed by atoms with E-state index in [1.807, 2.05) is 25.7 Å². The number of carbonyl (C=O) groups excluding carboxylic acids is 1. The molecule has 0 saturated carbocycles. The molecular weight excluding hydrogens is 685 g/mol. The highest BCUT2D eigenvalue weighted by Crippen LogP contribution is 2.39. The van der Waals surface area contributed by atoms with Crippen LogP contribution in [0.5, 0.6) is 0 Å². The highest BCUT2D eigenvalue weighted by molar-refractivity contribution is 9.10. The summed E-state index contributed by atoms with van der Waals surface area (Å²) in [6.07, 6.45) is -0.737. The van der Waals surface area contributed by atoms with Gasteiger partial charge in [-0.15, -0.1) is 0 Å². The van der Waals surface area contributed by atoms with Crippen molar-refractivity contribution in [1.29, 1.82) is 0 Å². The van der Waals surface area contributed by atoms with Crippen molar-refractivity contribution < 1.29 is 26.9 Å². The van der Waals surface area contributed by atoms with E-state index < -0.39 is 28.1 Å². The van der Waals surface area contributed by atoms with E-state index in [0.717, 1.165) is 38.4 Å². The molecule has 8 nitrogen and oxygen atoms in total. The van der Waals surface area contributed by atoms with E-state index in [-0.39, 0.29) is 45.7 Å². The predicted molar refractivity (Wildman–Crippen MR) is 171 cm³/mol. The number of rotatable bonds is 6. The summed E-state index contributed by atoms with van der Waals surface area (Å²) >= 11 is 9.45. The van der Waals surface area contributed by atoms with Gasteiger partial charge in [0, 0.05) is 33.7 Å². The van der Waals surface area contributed by atoms with E-state index in [1.54, 1.807) is 25.1 Å². The Morgan fingerprint density at radius 3 is 2.34 bits per heavy atom. The first-order valence-corrected chi connectivity index (χ1v) is 16.6. The summed E-state index contributed by atoms with van der Waals surface area (Å²) in [4.78, 5) is 30.7. The van der Waals surface area contributed by atoms with Crippen molar-refractivity contribution in [2.75, 3.05) is 25.9 Å². The van der Waals surface area contributed by atoms with E-state index in [0.29, 0.717) is 21.2 Å². The van der Waals surface area contributed by atoms with Crippen LogP contribution in [0.15, 0.2) is 44.8 Å². The molecule has 1 aliphatic heterocycles. The van der Waals surface area contributed by atoms with Crippen LogP contribution >= 0.6 is 27.5 Å². The van der Waals surface area contributed by atoms with Crippen molar-refractivity contribution in [1.82, 2.24) is 19.8 Å². The van der Waals surface area contributed by atoms with E-state index in [1.165, 1.54) is 17.9 Å². The first-order valence-electron chi connectivity index (χ1n) is 14.1. The fourth-order valence-electron chi connectivity index (χ4n) is 4.73. The van der Waals surface area contributed by atoms with Gasteiger partial charge in [-0.05, 0) is 98.0 Å². The van der Waals surface area contributed by atoms with Gasteiger partial charge in [0.05, 0.1) is 40.1 Å². The third-order valence-corrected chi connectivity index (χ3v) is 9.27. The third kappa shape index (κ3) is 9.51. The summed E-state index contributed by atoms with van der Waals surface area (Å²) in [5.41, 5.74) is -1.01. The number of likely N-dealkylation sites (tertiary alicyclic amines) is 1. The molecule has 44 heavy (non-hydrogen) atoms. The Bertz CT molecular complexity index is 1570. The molecule has 4 rings (SSSR count). The van der Waals surface area contributed by atoms with Crippen molar-refractivity contribution in [3.63, 3.8) is 0 Å². The van der Waals surface area contributed by atoms with Gasteiger partial charge in [-0.25, -0.2) is 9.78 Å². The van der Waals surface area contributed by atoms with Crippen LogP contribution in [0.25, 0.3) is 10.9 Å². The molecule has 0 spiro atoms. The summed E-state index contributed by atoms with van der Waals surface area (Å²) in [7, 11) is 0.237. The Morgan fingerprint density at radius 2 is 1.80 bits per heavy atom. The molecule has 14 heteroatoms. The Labute approximate surface area is 270 Å². The minimum absolute atomic E-state index is 0.0160. The molecule has 2 heterocycles. The zero-order chi connectivity index (χ0) is 32.8. The SMILES string of the molecule is CCS(=O)c1ccc(Cl)cc1Cn1cnc2c(Br)c(CN3CCCCC3)c(C(F)(F)F)cc2c1=O.CNC(=O)OC(C)(C)C. The van der Waals surface area contributed by atoms with E-state index >= 15 is 0 Å². The molecule has 1 N–H and O–H groups in total. The molecule has 1 saturated heterocycles. The van der Waals surface area contributed by atoms with Gasteiger partial charge in [0.15, 0.2) is 0 Å². The second-order valence-electron chi connectivity index (χ2n) is 11.3. The van der Waals surface area contributed by atoms with Crippen LogP contribution < -0.4 is 10.9 Å². The number of alkyl halides is 3. The van der Waals surface area contributed by atoms with Gasteiger partial charge in [-0.1, -0.05) is 24.9 Å². The fraction of sp³-hybridized carbons (Fsp3) is 0.500. The molecule has 1 unspecified atom stereocenters. The minimum Gasteiger partial charge on any atom is -0.444 e. The summed E-state index contributed by atoms with van der Waals surface area (Å²) in [5.74, 6) is 0.376. The lowest BCUT2D eigenvalue weighted by Gasteiger charge is -2.28. The monoisotopic (exact) mass is 720 g/mol. The molecule has 242 valence electrons. The number of carbonyl (C=O) groups is 1. The van der Waals surface area contributed by atoms with Crippen molar-refractivity contribution in [2.45, 2.75) is 76.7 Å². The lowest BCUT2D eigenvalue weighted by atomic mass is 10.0. The highest BCUT2D eigenvalue weighted by Gasteiger charge is 2.36. The quantitative estimate of drug-likeness (QED) is 0.291. The van der Waals surface area contributed by atoms with Crippen LogP contribution in [0.3, 0.4) is 0 Å². The highest BCUT2D eigenvalue weighted by atomic mass is 79.9. The largest absolute Gasteiger partial charge is 0.444 e. The summed E-state index contributed by atoms with van der Waals surface area (Å²) in [6.45, 7) is 8.82. The Morgan fingerprint density at radius 1 is 1.14 bits per heavy atom. The number of alkyl carbamates (subject to hydrolysis) is 1. The lowest BCUT2D eigenvalue weighted by molar-refractivity contribution is -0.138. The molecule has 2 aromatic carbocycles. The molecular formula is C30H37BrClF3N4O4S. The summed E-state index contributed by atoms with van der Waals surface area (Å²) < 4.78 is 61.0. The van der Waals surface area contributed by atoms with E-state index in [9.17, 15) is 27.0 Å². The van der Waals surface area contributed by atoms with E-state index in [2.05, 4.69) is 26.2 Å². The standard InChI is InChI=1S/C24H24BrClF3N3O2S.C6H13NO2/c1-2-35(34)20-7-6-16(26)10-15(20)12-32-14-30-22-17(23(32)33)11-19(24(27,28)29)18(21(22)25)13-31-8-4-3-5-9-31;1-6(2,3)9-5(8)7-4/h6-7,10-11,14H,2-5,8-9,12-13H2,1H3;1-4H3,(H,7,8). The number of fused-ring (bicyclic) bond motifs is 1. The zero-order valence-electron chi connectivity index (χ0n) is 25.3. The lowest BCUT2D eigenvalue weighted by Crippen LogP contribution is -2.30. The average Bonchev–Trinajstić information content (AvgIpc) is 2.95. The van der Waals surface area contributed by atoms with Crippen LogP contribution in [0.4, 0.5) is 18.0 Å². The van der Waals surface area contributed by atoms with Gasteiger partial charge in [-0.2, -0.15) is 13.2 Å². The number of nitrogens with zero attached hydrogens (tertiary/aromatic N) is 3. The van der Waals surface area contributed by atoms with Crippen molar-refractivity contribution >= 4 is 55.3 Å². The second-order valence-corrected chi connectivity index (χ2v) is 14.2. The number of benzene rings is 2. The number of piperidine rings is 1. The first-order chi connectivity index (χ1) is 20.6. The number of ether oxygens (including phenoxy) is 1. The molecule has 1 aromatic heterocycles. The number of nitrogens with one attached hydrogen (secondary N) is 1. The van der Waals surface area contributed by atoms with Crippen LogP contribution in [-0.2, 0) is 34.8 Å². The molecule has 1 atom stereocenters. The van der Waals surface area contributed by atoms with Crippen molar-refractivity contribution in [3.05, 3.63) is 67.1 Å². The Balaban J connectivity index is 0.000000512. The number of aromatic nitrogens is 2. The topological polar surface area (TPSA) is 93.5 Å². The summed E-state index contributed by atoms with van der Waals surface area (Å²) in [6, 6.07) is 5.78. The molecule has 0 radical (unpaired) electrons. The summed E-state index contributed by atoms with van der Waals surface area (Å²) in [5, 5.41) is 2.64. The Hall–Kier alpha value is -2.48. The molecule has 1 aliphatic rings. The maximum absolute atomic E-state index is 14.1. The zero-order valence-corrected chi connectivity index (χ0v) is 28.5. The average molecular weight is 722 g/mol. The molecule has 0 aliphatic carbocycles. The molecule has 3 aromatic rings. The van der Waals surface area contributed by atoms with Crippen LogP contribution in [-0.4, -0.2) is 56.2 Å². The van der Waals surface area contributed by atoms with Crippen molar-refractivity contribution in [3.8, 4) is 0 Å². The maximum Gasteiger partial charge on any atom is 0.416 e. The fourth-order valence-corrected chi connectivity index (χ4v) is 6.52. The molecule has 0 bridgehead atoms. The first kappa shape index (κ1) is 36.0. The van der Waals surface area contributed by atoms with Gasteiger partial charge in [0.2, 0.25) is 0 Å². The van der Waals surface area contributed by atoms with Gasteiger partial charge in [-0.3, -0.25) is 18.5 Å². The molecule has 1 amide bonds. The van der Waals surface area contributed by atoms with Gasteiger partial charge < -0.3 is 10.1 Å². The second kappa shape index (κ2) is 15.2. The van der Waals surface area contributed by atoms with Crippen LogP contribution in [0.2, 0.25) is 5.02 Å². The van der Waals surface area contributed by atoms with Crippen LogP contribution in [0.1, 0.15) is 63.6 Å². The maximum atomic E-state index is 14.1. The number of hydrogen-bond acceptors (Lipinski definition) is 6. The van der Waals surface area contributed by atoms with Gasteiger partial charge in [0.25, 0.3) is 5.56 Å². The minimum atomic E-state index is -4.63. The number of halogens is 5. The van der Waals surface area contributed by atoms with Crippen molar-refractivity contribution in [2.24, 2.45) is 0 Å². The normalized spacial score (nSPS) is 15.0. The van der Waals surface area contributed by atoms with E-state index in [4.69, 9.17) is 16.3 Å². The number of hydrogen-bond donors (Lipinski definition) is 1.